The second kappa shape index (κ2) is 6.13. The van der Waals surface area contributed by atoms with Gasteiger partial charge in [0.05, 0.1) is 21.7 Å². The highest BCUT2D eigenvalue weighted by atomic mass is 35.5. The maximum absolute atomic E-state index is 10.9. The van der Waals surface area contributed by atoms with Gasteiger partial charge in [0.1, 0.15) is 6.04 Å². The third-order valence-electron chi connectivity index (χ3n) is 3.88. The van der Waals surface area contributed by atoms with E-state index in [4.69, 9.17) is 20.9 Å². The van der Waals surface area contributed by atoms with Crippen molar-refractivity contribution in [3.63, 3.8) is 0 Å². The quantitative estimate of drug-likeness (QED) is 0.624. The van der Waals surface area contributed by atoms with Crippen LogP contribution in [0.3, 0.4) is 0 Å². The molecule has 1 aromatic carbocycles. The van der Waals surface area contributed by atoms with Crippen LogP contribution < -0.4 is 4.90 Å². The molecular weight excluding hydrogens is 324 g/mol. The molecule has 8 nitrogen and oxygen atoms in total. The first kappa shape index (κ1) is 15.7. The highest BCUT2D eigenvalue weighted by Crippen LogP contribution is 2.40. The maximum Gasteiger partial charge on any atom is 0.271 e. The Morgan fingerprint density at radius 3 is 2.87 bits per heavy atom. The topological polar surface area (TPSA) is 94.5 Å². The van der Waals surface area contributed by atoms with E-state index in [1.165, 1.54) is 12.1 Å². The third kappa shape index (κ3) is 2.99. The predicted octanol–water partition coefficient (Wildman–Crippen LogP) is 2.91. The summed E-state index contributed by atoms with van der Waals surface area (Å²) in [6, 6.07) is 4.22. The molecule has 0 saturated carbocycles. The minimum absolute atomic E-state index is 0.0153. The van der Waals surface area contributed by atoms with Crippen LogP contribution in [0.4, 0.5) is 11.4 Å². The van der Waals surface area contributed by atoms with Crippen LogP contribution in [0.25, 0.3) is 0 Å². The molecule has 0 bridgehead atoms. The van der Waals surface area contributed by atoms with Gasteiger partial charge in [0.15, 0.2) is 5.82 Å². The van der Waals surface area contributed by atoms with Gasteiger partial charge in [-0.15, -0.1) is 0 Å². The van der Waals surface area contributed by atoms with E-state index in [-0.39, 0.29) is 17.8 Å². The van der Waals surface area contributed by atoms with E-state index in [1.54, 1.807) is 20.1 Å². The van der Waals surface area contributed by atoms with Crippen LogP contribution in [0.5, 0.6) is 0 Å². The Labute approximate surface area is 137 Å². The van der Waals surface area contributed by atoms with Crippen molar-refractivity contribution in [2.45, 2.75) is 25.5 Å². The van der Waals surface area contributed by atoms with Gasteiger partial charge < -0.3 is 14.2 Å². The molecule has 1 saturated heterocycles. The van der Waals surface area contributed by atoms with E-state index in [1.807, 2.05) is 4.90 Å². The molecule has 0 N–H and O–H groups in total. The average Bonchev–Trinajstić information content (AvgIpc) is 3.12. The number of ether oxygens (including phenoxy) is 1. The van der Waals surface area contributed by atoms with Crippen molar-refractivity contribution in [2.75, 3.05) is 18.6 Å². The highest BCUT2D eigenvalue weighted by Gasteiger charge is 2.38. The molecule has 9 heteroatoms. The molecule has 3 rings (SSSR count). The predicted molar refractivity (Wildman–Crippen MR) is 82.6 cm³/mol. The van der Waals surface area contributed by atoms with Crippen LogP contribution >= 0.6 is 11.6 Å². The van der Waals surface area contributed by atoms with Crippen molar-refractivity contribution in [1.29, 1.82) is 0 Å². The molecule has 1 aliphatic heterocycles. The summed E-state index contributed by atoms with van der Waals surface area (Å²) in [5, 5.41) is 15.0. The first-order valence-electron chi connectivity index (χ1n) is 7.03. The van der Waals surface area contributed by atoms with Gasteiger partial charge in [0.2, 0.25) is 5.89 Å². The lowest BCUT2D eigenvalue weighted by atomic mass is 10.2. The lowest BCUT2D eigenvalue weighted by Crippen LogP contribution is -2.25. The van der Waals surface area contributed by atoms with E-state index < -0.39 is 4.92 Å². The molecule has 0 spiro atoms. The second-order valence-corrected chi connectivity index (χ2v) is 5.74. The van der Waals surface area contributed by atoms with Crippen molar-refractivity contribution < 1.29 is 14.2 Å². The maximum atomic E-state index is 10.9. The molecule has 2 atom stereocenters. The fourth-order valence-corrected chi connectivity index (χ4v) is 3.04. The van der Waals surface area contributed by atoms with E-state index in [9.17, 15) is 10.1 Å². The summed E-state index contributed by atoms with van der Waals surface area (Å²) in [5.74, 6) is 1.03. The standard InChI is InChI=1S/C14H15ClN4O4/c1-8-16-14(23-17-8)13-6-10(22-2)7-18(13)12-4-3-9(19(20)21)5-11(12)15/h3-5,10,13H,6-7H2,1-2H3. The zero-order valence-corrected chi connectivity index (χ0v) is 13.4. The number of methoxy groups -OCH3 is 1. The van der Waals surface area contributed by atoms with Gasteiger partial charge in [0.25, 0.3) is 5.69 Å². The summed E-state index contributed by atoms with van der Waals surface area (Å²) in [6.45, 7) is 2.33. The molecule has 23 heavy (non-hydrogen) atoms. The summed E-state index contributed by atoms with van der Waals surface area (Å²) >= 11 is 6.25. The molecule has 0 amide bonds. The van der Waals surface area contributed by atoms with E-state index in [0.29, 0.717) is 35.4 Å². The Kier molecular flexibility index (Phi) is 4.18. The minimum atomic E-state index is -0.476. The normalized spacial score (nSPS) is 20.9. The lowest BCUT2D eigenvalue weighted by Gasteiger charge is -2.24. The highest BCUT2D eigenvalue weighted by molar-refractivity contribution is 6.33. The summed E-state index contributed by atoms with van der Waals surface area (Å²) < 4.78 is 10.7. The molecular formula is C14H15ClN4O4. The number of anilines is 1. The van der Waals surface area contributed by atoms with Gasteiger partial charge in [-0.3, -0.25) is 10.1 Å². The molecule has 0 aliphatic carbocycles. The molecule has 2 aromatic rings. The summed E-state index contributed by atoms with van der Waals surface area (Å²) in [5.41, 5.74) is 0.629. The fraction of sp³-hybridized carbons (Fsp3) is 0.429. The molecule has 122 valence electrons. The van der Waals surface area contributed by atoms with Gasteiger partial charge in [-0.1, -0.05) is 16.8 Å². The largest absolute Gasteiger partial charge is 0.380 e. The van der Waals surface area contributed by atoms with Crippen LogP contribution in [0, 0.1) is 17.0 Å². The number of hydrogen-bond donors (Lipinski definition) is 0. The first-order chi connectivity index (χ1) is 11.0. The Balaban J connectivity index is 1.97. The minimum Gasteiger partial charge on any atom is -0.380 e. The van der Waals surface area contributed by atoms with Gasteiger partial charge in [-0.25, -0.2) is 0 Å². The van der Waals surface area contributed by atoms with E-state index >= 15 is 0 Å². The smallest absolute Gasteiger partial charge is 0.271 e. The summed E-state index contributed by atoms with van der Waals surface area (Å²) in [7, 11) is 1.64. The Morgan fingerprint density at radius 1 is 1.52 bits per heavy atom. The van der Waals surface area contributed by atoms with Gasteiger partial charge in [-0.05, 0) is 13.0 Å². The van der Waals surface area contributed by atoms with Crippen molar-refractivity contribution in [3.05, 3.63) is 45.1 Å². The van der Waals surface area contributed by atoms with Gasteiger partial charge >= 0.3 is 0 Å². The van der Waals surface area contributed by atoms with E-state index in [0.717, 1.165) is 0 Å². The average molecular weight is 339 g/mol. The Morgan fingerprint density at radius 2 is 2.30 bits per heavy atom. The zero-order valence-electron chi connectivity index (χ0n) is 12.6. The molecule has 1 aliphatic rings. The third-order valence-corrected chi connectivity index (χ3v) is 4.18. The molecule has 2 heterocycles. The number of nitro groups is 1. The monoisotopic (exact) mass is 338 g/mol. The number of benzene rings is 1. The first-order valence-corrected chi connectivity index (χ1v) is 7.41. The van der Waals surface area contributed by atoms with Crippen molar-refractivity contribution in [2.24, 2.45) is 0 Å². The van der Waals surface area contributed by atoms with Crippen LogP contribution in [0.2, 0.25) is 5.02 Å². The van der Waals surface area contributed by atoms with Crippen molar-refractivity contribution in [3.8, 4) is 0 Å². The molecule has 1 aromatic heterocycles. The summed E-state index contributed by atoms with van der Waals surface area (Å²) in [6.07, 6.45) is 0.657. The lowest BCUT2D eigenvalue weighted by molar-refractivity contribution is -0.384. The van der Waals surface area contributed by atoms with Crippen molar-refractivity contribution >= 4 is 23.0 Å². The number of nitro benzene ring substituents is 1. The molecule has 1 fully saturated rings. The Hall–Kier alpha value is -2.19. The number of aromatic nitrogens is 2. The zero-order chi connectivity index (χ0) is 16.6. The number of halogens is 1. The number of nitrogens with zero attached hydrogens (tertiary/aromatic N) is 4. The molecule has 0 radical (unpaired) electrons. The molecule has 2 unspecified atom stereocenters. The number of aryl methyl sites for hydroxylation is 1. The van der Waals surface area contributed by atoms with Gasteiger partial charge in [-0.2, -0.15) is 4.98 Å². The fourth-order valence-electron chi connectivity index (χ4n) is 2.76. The number of rotatable bonds is 4. The SMILES string of the molecule is COC1CC(c2nc(C)no2)N(c2ccc([N+](=O)[O-])cc2Cl)C1. The van der Waals surface area contributed by atoms with Crippen LogP contribution in [0.1, 0.15) is 24.2 Å². The number of non-ortho nitro benzene ring substituents is 1. The van der Waals surface area contributed by atoms with E-state index in [2.05, 4.69) is 10.1 Å². The van der Waals surface area contributed by atoms with Crippen LogP contribution in [-0.2, 0) is 4.74 Å². The number of hydrogen-bond acceptors (Lipinski definition) is 7. The Bertz CT molecular complexity index is 735. The van der Waals surface area contributed by atoms with Gasteiger partial charge in [0, 0.05) is 32.2 Å². The van der Waals surface area contributed by atoms with Crippen LogP contribution in [-0.4, -0.2) is 34.8 Å². The second-order valence-electron chi connectivity index (χ2n) is 5.33. The summed E-state index contributed by atoms with van der Waals surface area (Å²) in [4.78, 5) is 16.6. The van der Waals surface area contributed by atoms with Crippen LogP contribution in [0.15, 0.2) is 22.7 Å². The van der Waals surface area contributed by atoms with Crippen molar-refractivity contribution in [1.82, 2.24) is 10.1 Å².